The number of anilines is 1. The highest BCUT2D eigenvalue weighted by atomic mass is 32.2. The van der Waals surface area contributed by atoms with Crippen LogP contribution in [0, 0.1) is 0 Å². The minimum absolute atomic E-state index is 0.0405. The van der Waals surface area contributed by atoms with Gasteiger partial charge in [0.05, 0.1) is 10.4 Å². The van der Waals surface area contributed by atoms with E-state index < -0.39 is 0 Å². The summed E-state index contributed by atoms with van der Waals surface area (Å²) in [6.07, 6.45) is 10.1. The normalized spacial score (nSPS) is 22.3. The number of nitrogen functional groups attached to an aromatic ring is 1. The van der Waals surface area contributed by atoms with Gasteiger partial charge in [0.15, 0.2) is 0 Å². The molecule has 2 heterocycles. The molecule has 4 nitrogen and oxygen atoms in total. The van der Waals surface area contributed by atoms with Crippen LogP contribution in [-0.2, 0) is 0 Å². The highest BCUT2D eigenvalue weighted by Crippen LogP contribution is 2.33. The second-order valence-electron chi connectivity index (χ2n) is 5.40. The summed E-state index contributed by atoms with van der Waals surface area (Å²) in [6.45, 7) is 0. The third-order valence-electron chi connectivity index (χ3n) is 4.08. The lowest BCUT2D eigenvalue weighted by Gasteiger charge is -2.27. The molecule has 0 atom stereocenters. The molecule has 0 aliphatic heterocycles. The quantitative estimate of drug-likeness (QED) is 0.910. The van der Waals surface area contributed by atoms with Gasteiger partial charge in [0.1, 0.15) is 4.88 Å². The molecule has 21 heavy (non-hydrogen) atoms. The Labute approximate surface area is 132 Å². The van der Waals surface area contributed by atoms with E-state index in [0.29, 0.717) is 10.6 Å². The Morgan fingerprint density at radius 1 is 1.43 bits per heavy atom. The van der Waals surface area contributed by atoms with E-state index in [0.717, 1.165) is 28.2 Å². The number of pyridine rings is 1. The van der Waals surface area contributed by atoms with Crippen LogP contribution in [0.5, 0.6) is 0 Å². The summed E-state index contributed by atoms with van der Waals surface area (Å²) < 4.78 is 0.964. The number of nitrogens with one attached hydrogen (secondary N) is 1. The van der Waals surface area contributed by atoms with E-state index in [2.05, 4.69) is 16.6 Å². The highest BCUT2D eigenvalue weighted by molar-refractivity contribution is 7.99. The van der Waals surface area contributed by atoms with E-state index in [-0.39, 0.29) is 11.9 Å². The van der Waals surface area contributed by atoms with Crippen LogP contribution >= 0.6 is 23.1 Å². The van der Waals surface area contributed by atoms with Crippen molar-refractivity contribution in [3.63, 3.8) is 0 Å². The Balaban J connectivity index is 1.71. The lowest BCUT2D eigenvalue weighted by atomic mass is 9.95. The molecule has 1 amide bonds. The lowest BCUT2D eigenvalue weighted by Crippen LogP contribution is -2.38. The number of aromatic nitrogens is 1. The van der Waals surface area contributed by atoms with E-state index in [1.54, 1.807) is 12.4 Å². The molecular formula is C15H19N3OS2. The molecule has 0 unspecified atom stereocenters. The summed E-state index contributed by atoms with van der Waals surface area (Å²) in [5.74, 6) is -0.0405. The molecule has 2 aromatic rings. The molecule has 0 saturated heterocycles. The third-order valence-corrected chi connectivity index (χ3v) is 6.37. The van der Waals surface area contributed by atoms with Gasteiger partial charge in [-0.25, -0.2) is 0 Å². The molecule has 2 aromatic heterocycles. The fourth-order valence-electron chi connectivity index (χ4n) is 2.83. The summed E-state index contributed by atoms with van der Waals surface area (Å²) in [4.78, 5) is 17.1. The van der Waals surface area contributed by atoms with Crippen LogP contribution in [0.25, 0.3) is 10.1 Å². The zero-order valence-corrected chi connectivity index (χ0v) is 13.6. The molecule has 3 rings (SSSR count). The maximum atomic E-state index is 12.4. The zero-order valence-electron chi connectivity index (χ0n) is 12.0. The van der Waals surface area contributed by atoms with Crippen molar-refractivity contribution in [1.82, 2.24) is 10.3 Å². The van der Waals surface area contributed by atoms with Crippen molar-refractivity contribution in [2.45, 2.75) is 37.0 Å². The summed E-state index contributed by atoms with van der Waals surface area (Å²) in [5, 5.41) is 4.81. The third kappa shape index (κ3) is 3.01. The van der Waals surface area contributed by atoms with Crippen molar-refractivity contribution < 1.29 is 4.79 Å². The molecule has 3 N–H and O–H groups in total. The fourth-order valence-corrected chi connectivity index (χ4v) is 4.57. The Kier molecular flexibility index (Phi) is 4.35. The fraction of sp³-hybridized carbons (Fsp3) is 0.467. The smallest absolute Gasteiger partial charge is 0.263 e. The second kappa shape index (κ2) is 6.23. The molecule has 6 heteroatoms. The first-order valence-electron chi connectivity index (χ1n) is 7.14. The number of nitrogens with two attached hydrogens (primary N) is 1. The van der Waals surface area contributed by atoms with Crippen LogP contribution in [0.3, 0.4) is 0 Å². The van der Waals surface area contributed by atoms with E-state index in [1.807, 2.05) is 17.8 Å². The largest absolute Gasteiger partial charge is 0.397 e. The average molecular weight is 321 g/mol. The predicted molar refractivity (Wildman–Crippen MR) is 91.1 cm³/mol. The predicted octanol–water partition coefficient (Wildman–Crippen LogP) is 3.28. The van der Waals surface area contributed by atoms with E-state index in [9.17, 15) is 4.79 Å². The molecular weight excluding hydrogens is 302 g/mol. The molecule has 1 saturated carbocycles. The van der Waals surface area contributed by atoms with Gasteiger partial charge in [-0.2, -0.15) is 11.8 Å². The Morgan fingerprint density at radius 2 is 2.19 bits per heavy atom. The van der Waals surface area contributed by atoms with Gasteiger partial charge in [-0.1, -0.05) is 0 Å². The Bertz CT molecular complexity index is 647. The van der Waals surface area contributed by atoms with Crippen molar-refractivity contribution in [3.05, 3.63) is 23.3 Å². The van der Waals surface area contributed by atoms with Gasteiger partial charge >= 0.3 is 0 Å². The minimum Gasteiger partial charge on any atom is -0.397 e. The maximum absolute atomic E-state index is 12.4. The SMILES string of the molecule is CSC1CCC(NC(=O)c2sc3cnccc3c2N)CC1. The molecule has 0 radical (unpaired) electrons. The number of hydrogen-bond acceptors (Lipinski definition) is 5. The first-order chi connectivity index (χ1) is 10.2. The number of carbonyl (C=O) groups is 1. The number of hydrogen-bond donors (Lipinski definition) is 2. The lowest BCUT2D eigenvalue weighted by molar-refractivity contribution is 0.0933. The monoisotopic (exact) mass is 321 g/mol. The topological polar surface area (TPSA) is 68.0 Å². The molecule has 112 valence electrons. The van der Waals surface area contributed by atoms with Crippen molar-refractivity contribution in [1.29, 1.82) is 0 Å². The van der Waals surface area contributed by atoms with Gasteiger partial charge < -0.3 is 11.1 Å². The number of thioether (sulfide) groups is 1. The molecule has 0 bridgehead atoms. The highest BCUT2D eigenvalue weighted by Gasteiger charge is 2.24. The van der Waals surface area contributed by atoms with Gasteiger partial charge in [-0.3, -0.25) is 9.78 Å². The van der Waals surface area contributed by atoms with Crippen molar-refractivity contribution in [2.24, 2.45) is 0 Å². The van der Waals surface area contributed by atoms with Gasteiger partial charge in [0.25, 0.3) is 5.91 Å². The number of thiophene rings is 1. The van der Waals surface area contributed by atoms with Gasteiger partial charge in [-0.05, 0) is 38.0 Å². The van der Waals surface area contributed by atoms with Crippen LogP contribution in [0.15, 0.2) is 18.5 Å². The molecule has 1 fully saturated rings. The van der Waals surface area contributed by atoms with E-state index in [4.69, 9.17) is 5.73 Å². The number of rotatable bonds is 3. The van der Waals surface area contributed by atoms with Crippen LogP contribution in [-0.4, -0.2) is 28.4 Å². The minimum atomic E-state index is -0.0405. The average Bonchev–Trinajstić information content (AvgIpc) is 2.86. The molecule has 0 aromatic carbocycles. The van der Waals surface area contributed by atoms with Gasteiger partial charge in [0.2, 0.25) is 0 Å². The number of fused-ring (bicyclic) bond motifs is 1. The first-order valence-corrected chi connectivity index (χ1v) is 9.25. The van der Waals surface area contributed by atoms with Crippen LogP contribution in [0.1, 0.15) is 35.4 Å². The van der Waals surface area contributed by atoms with Crippen LogP contribution in [0.4, 0.5) is 5.69 Å². The van der Waals surface area contributed by atoms with Crippen LogP contribution < -0.4 is 11.1 Å². The van der Waals surface area contributed by atoms with Crippen molar-refractivity contribution in [3.8, 4) is 0 Å². The van der Waals surface area contributed by atoms with Gasteiger partial charge in [0, 0.05) is 29.1 Å². The van der Waals surface area contributed by atoms with E-state index in [1.165, 1.54) is 24.2 Å². The molecule has 0 spiro atoms. The van der Waals surface area contributed by atoms with Gasteiger partial charge in [-0.15, -0.1) is 11.3 Å². The summed E-state index contributed by atoms with van der Waals surface area (Å²) >= 11 is 3.35. The first kappa shape index (κ1) is 14.7. The zero-order chi connectivity index (χ0) is 14.8. The molecule has 1 aliphatic carbocycles. The van der Waals surface area contributed by atoms with Crippen molar-refractivity contribution in [2.75, 3.05) is 12.0 Å². The number of nitrogens with zero attached hydrogens (tertiary/aromatic N) is 1. The Morgan fingerprint density at radius 3 is 2.86 bits per heavy atom. The molecule has 1 aliphatic rings. The maximum Gasteiger partial charge on any atom is 0.263 e. The number of carbonyl (C=O) groups excluding carboxylic acids is 1. The Hall–Kier alpha value is -1.27. The van der Waals surface area contributed by atoms with E-state index >= 15 is 0 Å². The van der Waals surface area contributed by atoms with Crippen molar-refractivity contribution >= 4 is 44.8 Å². The standard InChI is InChI=1S/C15H19N3OS2/c1-20-10-4-2-9(3-5-10)18-15(19)14-13(16)11-6-7-17-8-12(11)21-14/h6-10H,2-5,16H2,1H3,(H,18,19). The van der Waals surface area contributed by atoms with Crippen LogP contribution in [0.2, 0.25) is 0 Å². The summed E-state index contributed by atoms with van der Waals surface area (Å²) in [6, 6.07) is 2.14. The second-order valence-corrected chi connectivity index (χ2v) is 7.59. The summed E-state index contributed by atoms with van der Waals surface area (Å²) in [7, 11) is 0. The summed E-state index contributed by atoms with van der Waals surface area (Å²) in [5.41, 5.74) is 6.68. The number of amides is 1.